The Morgan fingerprint density at radius 3 is 2.45 bits per heavy atom. The highest BCUT2D eigenvalue weighted by Crippen LogP contribution is 2.31. The zero-order valence-electron chi connectivity index (χ0n) is 16.4. The fourth-order valence-corrected chi connectivity index (χ4v) is 2.78. The number of rotatable bonds is 7. The van der Waals surface area contributed by atoms with Crippen LogP contribution in [0.5, 0.6) is 5.75 Å². The highest BCUT2D eigenvalue weighted by atomic mass is 19.1. The van der Waals surface area contributed by atoms with Gasteiger partial charge >= 0.3 is 6.03 Å². The number of primary amides is 2. The Kier molecular flexibility index (Phi) is 6.15. The van der Waals surface area contributed by atoms with E-state index >= 15 is 0 Å². The summed E-state index contributed by atoms with van der Waals surface area (Å²) in [5.41, 5.74) is 11.9. The van der Waals surface area contributed by atoms with Crippen molar-refractivity contribution in [2.45, 2.75) is 0 Å². The molecule has 0 aliphatic carbocycles. The normalized spacial score (nSPS) is 10.4. The predicted octanol–water partition coefficient (Wildman–Crippen LogP) is 1.39. The molecule has 0 aliphatic rings. The summed E-state index contributed by atoms with van der Waals surface area (Å²) in [4.78, 5) is 34.1. The molecule has 0 spiro atoms. The molecule has 0 unspecified atom stereocenters. The number of carbonyl (C=O) groups is 3. The number of nitrogens with two attached hydrogens (primary N) is 2. The van der Waals surface area contributed by atoms with Crippen molar-refractivity contribution in [2.75, 3.05) is 19.0 Å². The molecule has 11 heteroatoms. The first kappa shape index (κ1) is 21.3. The number of anilines is 1. The van der Waals surface area contributed by atoms with E-state index < -0.39 is 17.8 Å². The fourth-order valence-electron chi connectivity index (χ4n) is 2.78. The lowest BCUT2D eigenvalue weighted by atomic mass is 10.0. The molecular weight excluding hydrogens is 407 g/mol. The fraction of sp³-hybridized carbons (Fsp3) is 0.100. The van der Waals surface area contributed by atoms with Gasteiger partial charge in [0, 0.05) is 12.6 Å². The number of aromatic nitrogens is 2. The van der Waals surface area contributed by atoms with Gasteiger partial charge in [-0.1, -0.05) is 12.1 Å². The van der Waals surface area contributed by atoms with Gasteiger partial charge in [-0.25, -0.2) is 13.9 Å². The summed E-state index contributed by atoms with van der Waals surface area (Å²) in [7, 11) is 1.49. The van der Waals surface area contributed by atoms with E-state index in [0.717, 1.165) is 0 Å². The van der Waals surface area contributed by atoms with E-state index in [1.165, 1.54) is 36.1 Å². The second-order valence-electron chi connectivity index (χ2n) is 6.34. The van der Waals surface area contributed by atoms with Gasteiger partial charge < -0.3 is 26.8 Å². The zero-order valence-corrected chi connectivity index (χ0v) is 16.4. The predicted molar refractivity (Wildman–Crippen MR) is 110 cm³/mol. The minimum absolute atomic E-state index is 0.0686. The molecule has 4 amide bonds. The summed E-state index contributed by atoms with van der Waals surface area (Å²) in [6.45, 7) is -0.216. The average Bonchev–Trinajstić information content (AvgIpc) is 3.16. The van der Waals surface area contributed by atoms with Gasteiger partial charge in [-0.05, 0) is 35.9 Å². The molecule has 3 rings (SSSR count). The van der Waals surface area contributed by atoms with Crippen LogP contribution >= 0.6 is 0 Å². The Morgan fingerprint density at radius 2 is 1.84 bits per heavy atom. The number of ether oxygens (including phenoxy) is 1. The lowest BCUT2D eigenvalue weighted by Gasteiger charge is -2.12. The Balaban J connectivity index is 1.92. The van der Waals surface area contributed by atoms with Crippen molar-refractivity contribution in [1.82, 2.24) is 15.1 Å². The van der Waals surface area contributed by atoms with Gasteiger partial charge in [0.15, 0.2) is 12.3 Å². The maximum absolute atomic E-state index is 13.8. The summed E-state index contributed by atoms with van der Waals surface area (Å²) in [5, 5.41) is 8.80. The van der Waals surface area contributed by atoms with E-state index in [4.69, 9.17) is 16.2 Å². The van der Waals surface area contributed by atoms with Crippen LogP contribution in [0.4, 0.5) is 14.9 Å². The van der Waals surface area contributed by atoms with Gasteiger partial charge in [-0.15, -0.1) is 0 Å². The van der Waals surface area contributed by atoms with Crippen LogP contribution in [0.3, 0.4) is 0 Å². The van der Waals surface area contributed by atoms with Crippen LogP contribution < -0.4 is 26.8 Å². The maximum Gasteiger partial charge on any atom is 0.316 e. The monoisotopic (exact) mass is 426 g/mol. The third-order valence-electron chi connectivity index (χ3n) is 4.23. The molecular formula is C20H19FN6O4. The number of hydrogen-bond acceptors (Lipinski definition) is 5. The molecule has 2 aromatic carbocycles. The van der Waals surface area contributed by atoms with Gasteiger partial charge in [0.25, 0.3) is 11.8 Å². The molecule has 0 aliphatic heterocycles. The quantitative estimate of drug-likeness (QED) is 0.449. The number of amides is 4. The largest absolute Gasteiger partial charge is 0.483 e. The van der Waals surface area contributed by atoms with Crippen molar-refractivity contribution >= 4 is 23.5 Å². The number of benzene rings is 2. The molecule has 0 atom stereocenters. The summed E-state index contributed by atoms with van der Waals surface area (Å²) < 4.78 is 20.7. The minimum Gasteiger partial charge on any atom is -0.483 e. The van der Waals surface area contributed by atoms with Crippen LogP contribution in [-0.4, -0.2) is 41.3 Å². The summed E-state index contributed by atoms with van der Waals surface area (Å²) in [5.74, 6) is -1.29. The molecule has 0 saturated heterocycles. The van der Waals surface area contributed by atoms with Crippen LogP contribution in [0.25, 0.3) is 16.8 Å². The molecule has 6 N–H and O–H groups in total. The lowest BCUT2D eigenvalue weighted by molar-refractivity contribution is -0.122. The number of nitrogens with one attached hydrogen (secondary N) is 2. The summed E-state index contributed by atoms with van der Waals surface area (Å²) in [6, 6.07) is 9.79. The molecule has 0 saturated carbocycles. The van der Waals surface area contributed by atoms with Crippen molar-refractivity contribution in [3.05, 3.63) is 60.2 Å². The van der Waals surface area contributed by atoms with Crippen molar-refractivity contribution in [2.24, 2.45) is 11.5 Å². The van der Waals surface area contributed by atoms with Crippen LogP contribution in [0.2, 0.25) is 0 Å². The molecule has 3 aromatic rings. The van der Waals surface area contributed by atoms with E-state index in [-0.39, 0.29) is 23.9 Å². The first-order chi connectivity index (χ1) is 14.8. The number of urea groups is 1. The standard InChI is InChI=1S/C20H19FN6O4/c1-24-17(28)10-31-16-7-4-12(21)8-14(16)11-2-5-13(6-3-11)27-9-15(25-20(23)30)18(26-27)19(22)29/h2-9H,10H2,1H3,(H2,22,29)(H,24,28)(H3,23,25,30). The lowest BCUT2D eigenvalue weighted by Crippen LogP contribution is -2.24. The second-order valence-corrected chi connectivity index (χ2v) is 6.34. The SMILES string of the molecule is CNC(=O)COc1ccc(F)cc1-c1ccc(-n2cc(NC(N)=O)c(C(N)=O)n2)cc1. The Bertz CT molecular complexity index is 1140. The van der Waals surface area contributed by atoms with Crippen molar-refractivity contribution in [1.29, 1.82) is 0 Å². The number of hydrogen-bond donors (Lipinski definition) is 4. The van der Waals surface area contributed by atoms with Gasteiger partial charge in [0.2, 0.25) is 0 Å². The number of carbonyl (C=O) groups excluding carboxylic acids is 3. The molecule has 10 nitrogen and oxygen atoms in total. The topological polar surface area (TPSA) is 154 Å². The Hall–Kier alpha value is -4.41. The highest BCUT2D eigenvalue weighted by molar-refractivity contribution is 6.00. The van der Waals surface area contributed by atoms with E-state index in [9.17, 15) is 18.8 Å². The Labute approximate surface area is 176 Å². The number of nitrogens with zero attached hydrogens (tertiary/aromatic N) is 2. The molecule has 0 fully saturated rings. The first-order valence-corrected chi connectivity index (χ1v) is 8.98. The first-order valence-electron chi connectivity index (χ1n) is 8.98. The Morgan fingerprint density at radius 1 is 1.13 bits per heavy atom. The van der Waals surface area contributed by atoms with Gasteiger partial charge in [-0.3, -0.25) is 9.59 Å². The second kappa shape index (κ2) is 8.95. The third-order valence-corrected chi connectivity index (χ3v) is 4.23. The molecule has 31 heavy (non-hydrogen) atoms. The summed E-state index contributed by atoms with van der Waals surface area (Å²) in [6.07, 6.45) is 1.39. The number of halogens is 1. The average molecular weight is 426 g/mol. The van der Waals surface area contributed by atoms with Crippen molar-refractivity contribution < 1.29 is 23.5 Å². The van der Waals surface area contributed by atoms with Gasteiger partial charge in [-0.2, -0.15) is 5.10 Å². The van der Waals surface area contributed by atoms with Crippen molar-refractivity contribution in [3.8, 4) is 22.6 Å². The van der Waals surface area contributed by atoms with Crippen LogP contribution in [0.1, 0.15) is 10.5 Å². The van der Waals surface area contributed by atoms with Crippen LogP contribution in [0, 0.1) is 5.82 Å². The smallest absolute Gasteiger partial charge is 0.316 e. The molecule has 1 heterocycles. The molecule has 160 valence electrons. The van der Waals surface area contributed by atoms with E-state index in [1.54, 1.807) is 24.3 Å². The summed E-state index contributed by atoms with van der Waals surface area (Å²) >= 11 is 0. The van der Waals surface area contributed by atoms with E-state index in [0.29, 0.717) is 22.6 Å². The molecule has 0 radical (unpaired) electrons. The zero-order chi connectivity index (χ0) is 22.5. The third kappa shape index (κ3) is 4.96. The molecule has 1 aromatic heterocycles. The highest BCUT2D eigenvalue weighted by Gasteiger charge is 2.16. The molecule has 0 bridgehead atoms. The van der Waals surface area contributed by atoms with E-state index in [1.807, 2.05) is 0 Å². The maximum atomic E-state index is 13.8. The van der Waals surface area contributed by atoms with E-state index in [2.05, 4.69) is 15.7 Å². The van der Waals surface area contributed by atoms with Gasteiger partial charge in [0.05, 0.1) is 17.6 Å². The van der Waals surface area contributed by atoms with Gasteiger partial charge in [0.1, 0.15) is 11.6 Å². The number of likely N-dealkylation sites (N-methyl/N-ethyl adjacent to an activating group) is 1. The van der Waals surface area contributed by atoms with Crippen LogP contribution in [0.15, 0.2) is 48.7 Å². The van der Waals surface area contributed by atoms with Crippen molar-refractivity contribution in [3.63, 3.8) is 0 Å². The minimum atomic E-state index is -0.868. The van der Waals surface area contributed by atoms with Crippen LogP contribution in [-0.2, 0) is 4.79 Å².